The van der Waals surface area contributed by atoms with Gasteiger partial charge in [0.2, 0.25) is 5.91 Å². The van der Waals surface area contributed by atoms with Gasteiger partial charge < -0.3 is 9.88 Å². The number of imidazole rings is 1. The van der Waals surface area contributed by atoms with Crippen LogP contribution in [-0.4, -0.2) is 21.2 Å². The smallest absolute Gasteiger partial charge is 0.228 e. The van der Waals surface area contributed by atoms with Gasteiger partial charge in [-0.3, -0.25) is 4.79 Å². The second kappa shape index (κ2) is 8.20. The minimum Gasteiger partial charge on any atom is -0.325 e. The van der Waals surface area contributed by atoms with Crippen LogP contribution in [0.3, 0.4) is 0 Å². The summed E-state index contributed by atoms with van der Waals surface area (Å²) in [6, 6.07) is 26.3. The number of amides is 1. The van der Waals surface area contributed by atoms with Gasteiger partial charge in [-0.25, -0.2) is 4.98 Å². The maximum absolute atomic E-state index is 12.7. The lowest BCUT2D eigenvalue weighted by Gasteiger charge is -2.10. The summed E-state index contributed by atoms with van der Waals surface area (Å²) in [5.41, 5.74) is 5.96. The number of rotatable bonds is 5. The summed E-state index contributed by atoms with van der Waals surface area (Å²) < 4.78 is 2.17. The molecule has 1 aliphatic heterocycles. The Hall–Kier alpha value is -3.31. The summed E-state index contributed by atoms with van der Waals surface area (Å²) in [5.74, 6) is 1.04. The Morgan fingerprint density at radius 2 is 1.67 bits per heavy atom. The van der Waals surface area contributed by atoms with Crippen molar-refractivity contribution >= 4 is 23.4 Å². The predicted molar refractivity (Wildman–Crippen MR) is 123 cm³/mol. The summed E-state index contributed by atoms with van der Waals surface area (Å²) >= 11 is 1.77. The number of para-hydroxylation sites is 1. The molecule has 3 aromatic carbocycles. The fourth-order valence-corrected chi connectivity index (χ4v) is 4.62. The van der Waals surface area contributed by atoms with Gasteiger partial charge in [0, 0.05) is 24.1 Å². The first-order valence-corrected chi connectivity index (χ1v) is 11.0. The maximum Gasteiger partial charge on any atom is 0.228 e. The fraction of sp³-hybridized carbons (Fsp3) is 0.120. The maximum atomic E-state index is 12.7. The Labute approximate surface area is 180 Å². The van der Waals surface area contributed by atoms with Crippen molar-refractivity contribution in [2.75, 3.05) is 11.1 Å². The van der Waals surface area contributed by atoms with E-state index in [1.165, 1.54) is 5.56 Å². The zero-order chi connectivity index (χ0) is 20.3. The van der Waals surface area contributed by atoms with E-state index >= 15 is 0 Å². The average molecular weight is 412 g/mol. The first kappa shape index (κ1) is 18.7. The third-order valence-corrected chi connectivity index (χ3v) is 6.18. The normalized spacial score (nSPS) is 12.5. The standard InChI is InChI=1S/C25H21N3OS/c29-24(16-18-10-12-20(13-11-18)19-6-2-1-3-7-19)26-22-9-5-4-8-21(22)23-17-28-14-15-30-25(28)27-23/h1-13,17H,14-16H2,(H,26,29). The number of nitrogens with zero attached hydrogens (tertiary/aromatic N) is 2. The predicted octanol–water partition coefficient (Wildman–Crippen LogP) is 5.50. The number of hydrogen-bond acceptors (Lipinski definition) is 3. The molecule has 148 valence electrons. The molecular formula is C25H21N3OS. The molecule has 0 atom stereocenters. The van der Waals surface area contributed by atoms with Crippen molar-refractivity contribution in [1.29, 1.82) is 0 Å². The van der Waals surface area contributed by atoms with Crippen LogP contribution in [0.1, 0.15) is 5.56 Å². The van der Waals surface area contributed by atoms with Crippen LogP contribution in [0, 0.1) is 0 Å². The summed E-state index contributed by atoms with van der Waals surface area (Å²) in [4.78, 5) is 17.4. The van der Waals surface area contributed by atoms with Crippen molar-refractivity contribution in [2.24, 2.45) is 0 Å². The Balaban J connectivity index is 1.30. The second-order valence-corrected chi connectivity index (χ2v) is 8.35. The fourth-order valence-electron chi connectivity index (χ4n) is 3.68. The number of aryl methyl sites for hydroxylation is 1. The van der Waals surface area contributed by atoms with Gasteiger partial charge in [-0.2, -0.15) is 0 Å². The van der Waals surface area contributed by atoms with E-state index in [-0.39, 0.29) is 5.91 Å². The highest BCUT2D eigenvalue weighted by molar-refractivity contribution is 7.99. The van der Waals surface area contributed by atoms with Gasteiger partial charge in [-0.05, 0) is 22.8 Å². The van der Waals surface area contributed by atoms with Crippen molar-refractivity contribution in [1.82, 2.24) is 9.55 Å². The summed E-state index contributed by atoms with van der Waals surface area (Å²) in [5, 5.41) is 4.12. The third-order valence-electron chi connectivity index (χ3n) is 5.21. The quantitative estimate of drug-likeness (QED) is 0.471. The number of fused-ring (bicyclic) bond motifs is 1. The van der Waals surface area contributed by atoms with Crippen molar-refractivity contribution in [3.8, 4) is 22.4 Å². The first-order valence-electron chi connectivity index (χ1n) is 10.00. The molecule has 30 heavy (non-hydrogen) atoms. The highest BCUT2D eigenvalue weighted by Gasteiger charge is 2.17. The minimum atomic E-state index is -0.0314. The van der Waals surface area contributed by atoms with Gasteiger partial charge >= 0.3 is 0 Å². The summed E-state index contributed by atoms with van der Waals surface area (Å²) in [6.07, 6.45) is 2.40. The van der Waals surface area contributed by atoms with Gasteiger partial charge in [0.05, 0.1) is 17.8 Å². The molecule has 0 unspecified atom stereocenters. The van der Waals surface area contributed by atoms with Crippen molar-refractivity contribution in [3.05, 3.63) is 90.6 Å². The molecule has 0 aliphatic carbocycles. The molecule has 4 nitrogen and oxygen atoms in total. The Kier molecular flexibility index (Phi) is 5.11. The van der Waals surface area contributed by atoms with Crippen molar-refractivity contribution in [2.45, 2.75) is 18.1 Å². The van der Waals surface area contributed by atoms with E-state index in [1.54, 1.807) is 11.8 Å². The lowest BCUT2D eigenvalue weighted by atomic mass is 10.0. The van der Waals surface area contributed by atoms with E-state index in [2.05, 4.69) is 40.3 Å². The largest absolute Gasteiger partial charge is 0.325 e. The Bertz CT molecular complexity index is 1160. The van der Waals surface area contributed by atoms with Crippen LogP contribution in [0.4, 0.5) is 5.69 Å². The zero-order valence-corrected chi connectivity index (χ0v) is 17.2. The molecule has 5 heteroatoms. The number of aromatic nitrogens is 2. The van der Waals surface area contributed by atoms with Crippen LogP contribution in [0.5, 0.6) is 0 Å². The average Bonchev–Trinajstić information content (AvgIpc) is 3.38. The van der Waals surface area contributed by atoms with E-state index in [0.717, 1.165) is 45.5 Å². The molecule has 0 fully saturated rings. The van der Waals surface area contributed by atoms with Crippen LogP contribution >= 0.6 is 11.8 Å². The molecule has 0 saturated carbocycles. The van der Waals surface area contributed by atoms with Gasteiger partial charge in [0.25, 0.3) is 0 Å². The van der Waals surface area contributed by atoms with Crippen LogP contribution in [0.25, 0.3) is 22.4 Å². The van der Waals surface area contributed by atoms with E-state index < -0.39 is 0 Å². The second-order valence-electron chi connectivity index (χ2n) is 7.28. The molecule has 1 aromatic heterocycles. The van der Waals surface area contributed by atoms with Gasteiger partial charge in [-0.1, -0.05) is 84.6 Å². The molecule has 0 saturated heterocycles. The van der Waals surface area contributed by atoms with Crippen molar-refractivity contribution < 1.29 is 4.79 Å². The molecule has 0 radical (unpaired) electrons. The topological polar surface area (TPSA) is 46.9 Å². The van der Waals surface area contributed by atoms with E-state index in [1.807, 2.05) is 54.6 Å². The van der Waals surface area contributed by atoms with E-state index in [4.69, 9.17) is 4.98 Å². The van der Waals surface area contributed by atoms with Crippen LogP contribution in [0.15, 0.2) is 90.2 Å². The first-order chi connectivity index (χ1) is 14.8. The summed E-state index contributed by atoms with van der Waals surface area (Å²) in [7, 11) is 0. The van der Waals surface area contributed by atoms with Gasteiger partial charge in [-0.15, -0.1) is 0 Å². The number of thioether (sulfide) groups is 1. The molecule has 1 N–H and O–H groups in total. The molecular weight excluding hydrogens is 390 g/mol. The molecule has 1 aliphatic rings. The number of anilines is 1. The number of carbonyl (C=O) groups is 1. The highest BCUT2D eigenvalue weighted by Crippen LogP contribution is 2.32. The number of benzene rings is 3. The SMILES string of the molecule is O=C(Cc1ccc(-c2ccccc2)cc1)Nc1ccccc1-c1cn2c(n1)SCC2. The third kappa shape index (κ3) is 3.89. The molecule has 0 spiro atoms. The molecule has 4 aromatic rings. The monoisotopic (exact) mass is 411 g/mol. The highest BCUT2D eigenvalue weighted by atomic mass is 32.2. The number of nitrogens with one attached hydrogen (secondary N) is 1. The minimum absolute atomic E-state index is 0.0314. The van der Waals surface area contributed by atoms with Gasteiger partial charge in [0.15, 0.2) is 5.16 Å². The lowest BCUT2D eigenvalue weighted by Crippen LogP contribution is -2.15. The van der Waals surface area contributed by atoms with Crippen LogP contribution < -0.4 is 5.32 Å². The van der Waals surface area contributed by atoms with Crippen molar-refractivity contribution in [3.63, 3.8) is 0 Å². The van der Waals surface area contributed by atoms with E-state index in [0.29, 0.717) is 6.42 Å². The number of hydrogen-bond donors (Lipinski definition) is 1. The zero-order valence-electron chi connectivity index (χ0n) is 16.4. The molecule has 2 heterocycles. The Morgan fingerprint density at radius 3 is 2.47 bits per heavy atom. The Morgan fingerprint density at radius 1 is 0.933 bits per heavy atom. The molecule has 0 bridgehead atoms. The summed E-state index contributed by atoms with van der Waals surface area (Å²) in [6.45, 7) is 0.987. The molecule has 5 rings (SSSR count). The molecule has 1 amide bonds. The van der Waals surface area contributed by atoms with Crippen LogP contribution in [0.2, 0.25) is 0 Å². The van der Waals surface area contributed by atoms with Gasteiger partial charge in [0.1, 0.15) is 0 Å². The van der Waals surface area contributed by atoms with E-state index in [9.17, 15) is 4.79 Å². The van der Waals surface area contributed by atoms with Crippen LogP contribution in [-0.2, 0) is 17.8 Å². The lowest BCUT2D eigenvalue weighted by molar-refractivity contribution is -0.115. The number of carbonyl (C=O) groups excluding carboxylic acids is 1.